The third-order valence-corrected chi connectivity index (χ3v) is 1.63. The number of anilines is 1. The second kappa shape index (κ2) is 4.00. The van der Waals surface area contributed by atoms with Crippen molar-refractivity contribution in [3.05, 3.63) is 23.8 Å². The van der Waals surface area contributed by atoms with E-state index in [0.29, 0.717) is 17.0 Å². The molecule has 0 unspecified atom stereocenters. The van der Waals surface area contributed by atoms with Gasteiger partial charge in [0.2, 0.25) is 0 Å². The Hall–Kier alpha value is -1.71. The highest BCUT2D eigenvalue weighted by Gasteiger charge is 2.10. The van der Waals surface area contributed by atoms with Crippen molar-refractivity contribution in [2.45, 2.75) is 20.0 Å². The molecule has 1 aromatic rings. The van der Waals surface area contributed by atoms with E-state index in [2.05, 4.69) is 0 Å². The zero-order valence-electron chi connectivity index (χ0n) is 8.28. The average Bonchev–Trinajstić information content (AvgIpc) is 2.07. The number of hydrogen-bond acceptors (Lipinski definition) is 3. The molecule has 0 saturated carbocycles. The van der Waals surface area contributed by atoms with Crippen molar-refractivity contribution in [3.8, 4) is 5.75 Å². The van der Waals surface area contributed by atoms with Crippen LogP contribution in [0.1, 0.15) is 24.2 Å². The van der Waals surface area contributed by atoms with Gasteiger partial charge in [0, 0.05) is 5.69 Å². The smallest absolute Gasteiger partial charge is 0.252 e. The number of carbonyl (C=O) groups is 1. The summed E-state index contributed by atoms with van der Waals surface area (Å²) in [4.78, 5) is 11.0. The van der Waals surface area contributed by atoms with Gasteiger partial charge in [-0.3, -0.25) is 4.79 Å². The van der Waals surface area contributed by atoms with Crippen LogP contribution in [0.15, 0.2) is 18.2 Å². The van der Waals surface area contributed by atoms with Gasteiger partial charge < -0.3 is 16.2 Å². The van der Waals surface area contributed by atoms with Crippen molar-refractivity contribution < 1.29 is 9.53 Å². The zero-order chi connectivity index (χ0) is 10.7. The summed E-state index contributed by atoms with van der Waals surface area (Å²) in [5, 5.41) is 0. The van der Waals surface area contributed by atoms with E-state index >= 15 is 0 Å². The summed E-state index contributed by atoms with van der Waals surface area (Å²) in [5.41, 5.74) is 11.5. The number of rotatable bonds is 3. The van der Waals surface area contributed by atoms with E-state index in [-0.39, 0.29) is 6.10 Å². The summed E-state index contributed by atoms with van der Waals surface area (Å²) in [7, 11) is 0. The molecular formula is C10H14N2O2. The lowest BCUT2D eigenvalue weighted by atomic mass is 10.1. The predicted molar refractivity (Wildman–Crippen MR) is 55.1 cm³/mol. The van der Waals surface area contributed by atoms with Crippen molar-refractivity contribution in [1.82, 2.24) is 0 Å². The highest BCUT2D eigenvalue weighted by Crippen LogP contribution is 2.21. The van der Waals surface area contributed by atoms with Crippen LogP contribution in [0.3, 0.4) is 0 Å². The van der Waals surface area contributed by atoms with E-state index in [1.54, 1.807) is 12.1 Å². The van der Waals surface area contributed by atoms with Gasteiger partial charge >= 0.3 is 0 Å². The summed E-state index contributed by atoms with van der Waals surface area (Å²) in [6, 6.07) is 4.83. The Morgan fingerprint density at radius 3 is 2.57 bits per heavy atom. The average molecular weight is 194 g/mol. The molecule has 14 heavy (non-hydrogen) atoms. The molecule has 0 atom stereocenters. The van der Waals surface area contributed by atoms with Crippen molar-refractivity contribution in [2.75, 3.05) is 5.73 Å². The maximum atomic E-state index is 11.0. The van der Waals surface area contributed by atoms with Crippen molar-refractivity contribution in [3.63, 3.8) is 0 Å². The van der Waals surface area contributed by atoms with E-state index < -0.39 is 5.91 Å². The van der Waals surface area contributed by atoms with Gasteiger partial charge in [-0.15, -0.1) is 0 Å². The molecule has 0 aliphatic heterocycles. The monoisotopic (exact) mass is 194 g/mol. The standard InChI is InChI=1S/C10H14N2O2/c1-6(2)14-9-4-3-7(11)5-8(9)10(12)13/h3-6H,11H2,1-2H3,(H2,12,13). The SMILES string of the molecule is CC(C)Oc1ccc(N)cc1C(N)=O. The van der Waals surface area contributed by atoms with Crippen molar-refractivity contribution in [2.24, 2.45) is 5.73 Å². The topological polar surface area (TPSA) is 78.3 Å². The Labute approximate surface area is 82.8 Å². The van der Waals surface area contributed by atoms with Crippen LogP contribution in [0.2, 0.25) is 0 Å². The van der Waals surface area contributed by atoms with Gasteiger partial charge in [0.15, 0.2) is 0 Å². The minimum Gasteiger partial charge on any atom is -0.490 e. The summed E-state index contributed by atoms with van der Waals surface area (Å²) in [6.07, 6.45) is -0.00303. The Bertz CT molecular complexity index is 348. The lowest BCUT2D eigenvalue weighted by molar-refractivity contribution is 0.0994. The maximum absolute atomic E-state index is 11.0. The first kappa shape index (κ1) is 10.4. The molecule has 0 heterocycles. The first-order chi connectivity index (χ1) is 6.50. The fourth-order valence-electron chi connectivity index (χ4n) is 1.10. The highest BCUT2D eigenvalue weighted by molar-refractivity contribution is 5.96. The Kier molecular flexibility index (Phi) is 2.96. The molecule has 1 aromatic carbocycles. The van der Waals surface area contributed by atoms with Crippen molar-refractivity contribution >= 4 is 11.6 Å². The van der Waals surface area contributed by atoms with E-state index in [0.717, 1.165) is 0 Å². The van der Waals surface area contributed by atoms with Crippen LogP contribution < -0.4 is 16.2 Å². The molecular weight excluding hydrogens is 180 g/mol. The molecule has 0 saturated heterocycles. The van der Waals surface area contributed by atoms with E-state index in [1.807, 2.05) is 13.8 Å². The van der Waals surface area contributed by atoms with Crippen LogP contribution in [0.25, 0.3) is 0 Å². The quantitative estimate of drug-likeness (QED) is 0.708. The largest absolute Gasteiger partial charge is 0.490 e. The Morgan fingerprint density at radius 1 is 1.43 bits per heavy atom. The summed E-state index contributed by atoms with van der Waals surface area (Å²) in [5.74, 6) is -0.0605. The van der Waals surface area contributed by atoms with E-state index in [1.165, 1.54) is 6.07 Å². The van der Waals surface area contributed by atoms with Crippen LogP contribution in [0.4, 0.5) is 5.69 Å². The van der Waals surface area contributed by atoms with Gasteiger partial charge in [0.25, 0.3) is 5.91 Å². The molecule has 1 rings (SSSR count). The van der Waals surface area contributed by atoms with Gasteiger partial charge in [-0.05, 0) is 32.0 Å². The third kappa shape index (κ3) is 2.39. The van der Waals surface area contributed by atoms with E-state index in [4.69, 9.17) is 16.2 Å². The normalized spacial score (nSPS) is 10.2. The number of benzene rings is 1. The second-order valence-corrected chi connectivity index (χ2v) is 3.29. The minimum absolute atomic E-state index is 0.00303. The maximum Gasteiger partial charge on any atom is 0.252 e. The fourth-order valence-corrected chi connectivity index (χ4v) is 1.10. The van der Waals surface area contributed by atoms with Gasteiger partial charge in [0.1, 0.15) is 5.75 Å². The number of carbonyl (C=O) groups excluding carboxylic acids is 1. The van der Waals surface area contributed by atoms with Gasteiger partial charge in [0.05, 0.1) is 11.7 Å². The number of hydrogen-bond donors (Lipinski definition) is 2. The van der Waals surface area contributed by atoms with Crippen LogP contribution >= 0.6 is 0 Å². The number of nitrogen functional groups attached to an aromatic ring is 1. The molecule has 0 fully saturated rings. The van der Waals surface area contributed by atoms with Crippen LogP contribution in [-0.2, 0) is 0 Å². The lowest BCUT2D eigenvalue weighted by Gasteiger charge is -2.12. The molecule has 0 aliphatic carbocycles. The molecule has 0 aliphatic rings. The number of ether oxygens (including phenoxy) is 1. The van der Waals surface area contributed by atoms with Gasteiger partial charge in [-0.25, -0.2) is 0 Å². The van der Waals surface area contributed by atoms with Gasteiger partial charge in [-0.1, -0.05) is 0 Å². The zero-order valence-corrected chi connectivity index (χ0v) is 8.28. The number of nitrogens with two attached hydrogens (primary N) is 2. The van der Waals surface area contributed by atoms with Gasteiger partial charge in [-0.2, -0.15) is 0 Å². The molecule has 76 valence electrons. The minimum atomic E-state index is -0.534. The Balaban J connectivity index is 3.08. The highest BCUT2D eigenvalue weighted by atomic mass is 16.5. The summed E-state index contributed by atoms with van der Waals surface area (Å²) in [6.45, 7) is 3.75. The molecule has 0 radical (unpaired) electrons. The summed E-state index contributed by atoms with van der Waals surface area (Å²) >= 11 is 0. The first-order valence-electron chi connectivity index (χ1n) is 4.36. The molecule has 0 aromatic heterocycles. The summed E-state index contributed by atoms with van der Waals surface area (Å²) < 4.78 is 5.41. The van der Waals surface area contributed by atoms with Crippen LogP contribution in [0.5, 0.6) is 5.75 Å². The molecule has 4 heteroatoms. The van der Waals surface area contributed by atoms with Crippen molar-refractivity contribution in [1.29, 1.82) is 0 Å². The third-order valence-electron chi connectivity index (χ3n) is 1.63. The molecule has 0 spiro atoms. The number of primary amides is 1. The van der Waals surface area contributed by atoms with Crippen LogP contribution in [0, 0.1) is 0 Å². The molecule has 1 amide bonds. The van der Waals surface area contributed by atoms with Crippen LogP contribution in [-0.4, -0.2) is 12.0 Å². The predicted octanol–water partition coefficient (Wildman–Crippen LogP) is 1.15. The molecule has 0 bridgehead atoms. The molecule has 4 nitrogen and oxygen atoms in total. The Morgan fingerprint density at radius 2 is 2.07 bits per heavy atom. The number of amides is 1. The molecule has 4 N–H and O–H groups in total. The lowest BCUT2D eigenvalue weighted by Crippen LogP contribution is -2.15. The van der Waals surface area contributed by atoms with E-state index in [9.17, 15) is 4.79 Å². The first-order valence-corrected chi connectivity index (χ1v) is 4.36. The fraction of sp³-hybridized carbons (Fsp3) is 0.300. The second-order valence-electron chi connectivity index (χ2n) is 3.29.